The van der Waals surface area contributed by atoms with Crippen LogP contribution in [0.15, 0.2) is 72.8 Å². The lowest BCUT2D eigenvalue weighted by Crippen LogP contribution is -2.42. The van der Waals surface area contributed by atoms with Gasteiger partial charge in [-0.1, -0.05) is 41.9 Å². The van der Waals surface area contributed by atoms with E-state index in [4.69, 9.17) is 38.0 Å². The molecule has 198 valence electrons. The average Bonchev–Trinajstić information content (AvgIpc) is 3.30. The van der Waals surface area contributed by atoms with Crippen LogP contribution in [0.25, 0.3) is 10.9 Å². The number of thiocarbonyl (C=S) groups is 1. The van der Waals surface area contributed by atoms with Crippen LogP contribution in [-0.2, 0) is 11.2 Å². The fourth-order valence-corrected chi connectivity index (χ4v) is 5.34. The van der Waals surface area contributed by atoms with Crippen LogP contribution in [0.2, 0.25) is 5.02 Å². The zero-order valence-corrected chi connectivity index (χ0v) is 23.2. The van der Waals surface area contributed by atoms with Crippen LogP contribution in [-0.4, -0.2) is 67.0 Å². The number of hydrogen-bond donors (Lipinski definition) is 1. The number of hydrogen-bond acceptors (Lipinski definition) is 5. The molecule has 1 aliphatic heterocycles. The van der Waals surface area contributed by atoms with E-state index in [1.165, 1.54) is 5.56 Å². The van der Waals surface area contributed by atoms with Crippen LogP contribution in [0.3, 0.4) is 0 Å². The molecule has 0 saturated carbocycles. The van der Waals surface area contributed by atoms with E-state index in [0.717, 1.165) is 64.7 Å². The van der Waals surface area contributed by atoms with E-state index in [-0.39, 0.29) is 6.04 Å². The van der Waals surface area contributed by atoms with Crippen molar-refractivity contribution in [3.05, 3.63) is 94.6 Å². The van der Waals surface area contributed by atoms with Crippen LogP contribution < -0.4 is 9.47 Å². The first-order valence-corrected chi connectivity index (χ1v) is 13.6. The van der Waals surface area contributed by atoms with Crippen LogP contribution in [0, 0.1) is 0 Å². The summed E-state index contributed by atoms with van der Waals surface area (Å²) in [4.78, 5) is 8.00. The van der Waals surface area contributed by atoms with E-state index < -0.39 is 0 Å². The normalized spacial score (nSPS) is 15.1. The number of rotatable bonds is 9. The second-order valence-electron chi connectivity index (χ2n) is 9.45. The number of aromatic nitrogens is 1. The lowest BCUT2D eigenvalue weighted by molar-refractivity contribution is 0.150. The number of methoxy groups -OCH3 is 1. The molecule has 0 fully saturated rings. The molecule has 6 nitrogen and oxygen atoms in total. The van der Waals surface area contributed by atoms with Gasteiger partial charge in [0.15, 0.2) is 0 Å². The predicted octanol–water partition coefficient (Wildman–Crippen LogP) is 6.09. The van der Waals surface area contributed by atoms with Crippen molar-refractivity contribution >= 4 is 39.9 Å². The van der Waals surface area contributed by atoms with Crippen LogP contribution in [0.1, 0.15) is 22.9 Å². The molecule has 5 rings (SSSR count). The van der Waals surface area contributed by atoms with E-state index in [1.807, 2.05) is 60.7 Å². The van der Waals surface area contributed by atoms with Gasteiger partial charge in [0.1, 0.15) is 18.1 Å². The van der Waals surface area contributed by atoms with Gasteiger partial charge in [0.25, 0.3) is 5.17 Å². The molecule has 1 aromatic heterocycles. The van der Waals surface area contributed by atoms with E-state index >= 15 is 0 Å². The largest absolute Gasteiger partial charge is 0.492 e. The third-order valence-electron chi connectivity index (χ3n) is 6.89. The molecule has 1 unspecified atom stereocenters. The van der Waals surface area contributed by atoms with Gasteiger partial charge >= 0.3 is 0 Å². The predicted molar refractivity (Wildman–Crippen MR) is 157 cm³/mol. The molecule has 1 atom stereocenters. The Morgan fingerprint density at radius 3 is 2.55 bits per heavy atom. The molecule has 1 aliphatic rings. The SMILES string of the molecule is COCCN(C)CCOc1ccc(C2c3[nH]c4ccc(Cl)cc4c3CCN2C(=S)Oc2ccccc2)cc1. The Morgan fingerprint density at radius 2 is 1.79 bits per heavy atom. The van der Waals surface area contributed by atoms with Crippen LogP contribution >= 0.6 is 23.8 Å². The molecule has 0 aliphatic carbocycles. The summed E-state index contributed by atoms with van der Waals surface area (Å²) >= 11 is 12.2. The van der Waals surface area contributed by atoms with Gasteiger partial charge in [0.2, 0.25) is 0 Å². The Hall–Kier alpha value is -3.10. The summed E-state index contributed by atoms with van der Waals surface area (Å²) in [7, 11) is 3.78. The van der Waals surface area contributed by atoms with Gasteiger partial charge in [-0.3, -0.25) is 0 Å². The highest BCUT2D eigenvalue weighted by Gasteiger charge is 2.34. The number of halogens is 1. The summed E-state index contributed by atoms with van der Waals surface area (Å²) in [5, 5.41) is 2.34. The summed E-state index contributed by atoms with van der Waals surface area (Å²) in [6.45, 7) is 3.75. The first kappa shape index (κ1) is 26.5. The lowest BCUT2D eigenvalue weighted by atomic mass is 9.92. The van der Waals surface area contributed by atoms with Gasteiger partial charge in [-0.05, 0) is 79.3 Å². The number of aromatic amines is 1. The number of ether oxygens (including phenoxy) is 3. The molecule has 0 spiro atoms. The minimum Gasteiger partial charge on any atom is -0.492 e. The third kappa shape index (κ3) is 5.97. The number of likely N-dealkylation sites (N-methyl/N-ethyl adjacent to an activating group) is 1. The Kier molecular flexibility index (Phi) is 8.49. The van der Waals surface area contributed by atoms with Crippen LogP contribution in [0.4, 0.5) is 0 Å². The zero-order chi connectivity index (χ0) is 26.5. The maximum Gasteiger partial charge on any atom is 0.265 e. The Balaban J connectivity index is 1.40. The van der Waals surface area contributed by atoms with Crippen molar-refractivity contribution in [2.75, 3.05) is 47.0 Å². The third-order valence-corrected chi connectivity index (χ3v) is 7.44. The summed E-state index contributed by atoms with van der Waals surface area (Å²) in [5.74, 6) is 1.56. The van der Waals surface area contributed by atoms with E-state index in [0.29, 0.717) is 18.4 Å². The molecule has 2 heterocycles. The van der Waals surface area contributed by atoms with Crippen molar-refractivity contribution < 1.29 is 14.2 Å². The Labute approximate surface area is 234 Å². The fraction of sp³-hybridized carbons (Fsp3) is 0.300. The minimum absolute atomic E-state index is 0.129. The summed E-state index contributed by atoms with van der Waals surface area (Å²) in [6.07, 6.45) is 0.836. The number of fused-ring (bicyclic) bond motifs is 3. The first-order chi connectivity index (χ1) is 18.5. The number of benzene rings is 3. The second kappa shape index (κ2) is 12.2. The molecule has 8 heteroatoms. The minimum atomic E-state index is -0.129. The van der Waals surface area contributed by atoms with E-state index in [2.05, 4.69) is 34.0 Å². The van der Waals surface area contributed by atoms with Crippen molar-refractivity contribution in [3.8, 4) is 11.5 Å². The number of H-pyrrole nitrogens is 1. The van der Waals surface area contributed by atoms with E-state index in [9.17, 15) is 0 Å². The summed E-state index contributed by atoms with van der Waals surface area (Å²) in [6, 6.07) is 23.8. The van der Waals surface area contributed by atoms with Gasteiger partial charge in [-0.25, -0.2) is 0 Å². The molecule has 0 bridgehead atoms. The van der Waals surface area contributed by atoms with Crippen molar-refractivity contribution in [1.29, 1.82) is 0 Å². The van der Waals surface area contributed by atoms with Crippen molar-refractivity contribution in [2.45, 2.75) is 12.5 Å². The molecule has 1 N–H and O–H groups in total. The Morgan fingerprint density at radius 1 is 1.03 bits per heavy atom. The average molecular weight is 550 g/mol. The van der Waals surface area contributed by atoms with Gasteiger partial charge in [-0.2, -0.15) is 0 Å². The molecule has 3 aromatic carbocycles. The maximum absolute atomic E-state index is 6.36. The highest BCUT2D eigenvalue weighted by atomic mass is 35.5. The van der Waals surface area contributed by atoms with Crippen molar-refractivity contribution in [1.82, 2.24) is 14.8 Å². The van der Waals surface area contributed by atoms with E-state index in [1.54, 1.807) is 7.11 Å². The number of nitrogens with one attached hydrogen (secondary N) is 1. The summed E-state index contributed by atoms with van der Waals surface area (Å²) < 4.78 is 17.3. The summed E-state index contributed by atoms with van der Waals surface area (Å²) in [5.41, 5.74) is 4.55. The maximum atomic E-state index is 6.36. The van der Waals surface area contributed by atoms with Crippen LogP contribution in [0.5, 0.6) is 11.5 Å². The van der Waals surface area contributed by atoms with Crippen molar-refractivity contribution in [3.63, 3.8) is 0 Å². The monoisotopic (exact) mass is 549 g/mol. The molecule has 0 amide bonds. The molecule has 38 heavy (non-hydrogen) atoms. The molecular formula is C30H32ClN3O3S. The lowest BCUT2D eigenvalue weighted by Gasteiger charge is -2.37. The molecule has 0 saturated heterocycles. The zero-order valence-electron chi connectivity index (χ0n) is 21.7. The number of para-hydroxylation sites is 1. The van der Waals surface area contributed by atoms with Gasteiger partial charge in [0, 0.05) is 48.4 Å². The van der Waals surface area contributed by atoms with Gasteiger partial charge in [-0.15, -0.1) is 0 Å². The van der Waals surface area contributed by atoms with Gasteiger partial charge < -0.3 is 29.0 Å². The smallest absolute Gasteiger partial charge is 0.265 e. The number of nitrogens with zero attached hydrogens (tertiary/aromatic N) is 2. The van der Waals surface area contributed by atoms with Gasteiger partial charge in [0.05, 0.1) is 12.6 Å². The first-order valence-electron chi connectivity index (χ1n) is 12.8. The second-order valence-corrected chi connectivity index (χ2v) is 10.2. The highest BCUT2D eigenvalue weighted by molar-refractivity contribution is 7.80. The van der Waals surface area contributed by atoms with Crippen molar-refractivity contribution in [2.24, 2.45) is 0 Å². The Bertz CT molecular complexity index is 1380. The standard InChI is InChI=1S/C30H32ClN3O3S/c1-33(16-18-35-2)17-19-36-23-11-8-21(9-12-23)29-28-25(26-20-22(31)10-13-27(26)32-28)14-15-34(29)30(38)37-24-6-4-3-5-7-24/h3-13,20,29,32H,14-19H2,1-2H3. The molecular weight excluding hydrogens is 518 g/mol. The highest BCUT2D eigenvalue weighted by Crippen LogP contribution is 2.40. The topological polar surface area (TPSA) is 50.0 Å². The quantitative estimate of drug-likeness (QED) is 0.255. The molecule has 4 aromatic rings. The molecule has 0 radical (unpaired) electrons. The fourth-order valence-electron chi connectivity index (χ4n) is 4.88.